The van der Waals surface area contributed by atoms with Crippen LogP contribution in [0.15, 0.2) is 41.7 Å². The molecule has 0 spiro atoms. The fourth-order valence-corrected chi connectivity index (χ4v) is 8.49. The summed E-state index contributed by atoms with van der Waals surface area (Å²) in [5.41, 5.74) is 5.56. The van der Waals surface area contributed by atoms with Crippen LogP contribution < -0.4 is 4.74 Å². The van der Waals surface area contributed by atoms with Crippen LogP contribution in [0.1, 0.15) is 65.7 Å². The van der Waals surface area contributed by atoms with E-state index in [0.29, 0.717) is 17.8 Å². The van der Waals surface area contributed by atoms with Gasteiger partial charge in [0.2, 0.25) is 0 Å². The van der Waals surface area contributed by atoms with Crippen molar-refractivity contribution in [2.24, 2.45) is 28.6 Å². The summed E-state index contributed by atoms with van der Waals surface area (Å²) in [6, 6.07) is 5.98. The van der Waals surface area contributed by atoms with E-state index in [-0.39, 0.29) is 22.9 Å². The summed E-state index contributed by atoms with van der Waals surface area (Å²) < 4.78 is 13.2. The van der Waals surface area contributed by atoms with E-state index in [1.54, 1.807) is 7.11 Å². The van der Waals surface area contributed by atoms with Crippen LogP contribution in [0.2, 0.25) is 0 Å². The molecule has 6 rings (SSSR count). The molecule has 0 saturated heterocycles. The fourth-order valence-electron chi connectivity index (χ4n) is 8.49. The van der Waals surface area contributed by atoms with E-state index in [0.717, 1.165) is 79.3 Å². The van der Waals surface area contributed by atoms with E-state index in [1.165, 1.54) is 12.5 Å². The molecule has 0 aliphatic heterocycles. The number of allylic oxidation sites excluding steroid dienone is 3. The van der Waals surface area contributed by atoms with Gasteiger partial charge in [-0.15, -0.1) is 0 Å². The second-order valence-electron chi connectivity index (χ2n) is 11.9. The van der Waals surface area contributed by atoms with Gasteiger partial charge in [0.15, 0.2) is 0 Å². The smallest absolute Gasteiger partial charge is 0.302 e. The molecule has 6 heteroatoms. The zero-order chi connectivity index (χ0) is 25.2. The monoisotopic (exact) mass is 488 g/mol. The molecule has 1 aromatic heterocycles. The van der Waals surface area contributed by atoms with Gasteiger partial charge in [0.25, 0.3) is 0 Å². The van der Waals surface area contributed by atoms with Crippen molar-refractivity contribution in [2.45, 2.75) is 71.8 Å². The quantitative estimate of drug-likeness (QED) is 0.302. The molecule has 6 nitrogen and oxygen atoms in total. The molecule has 4 aliphatic carbocycles. The standard InChI is InChI=1S/C30H36N2O4/c1-18(34)36-22-9-11-29(2)20(14-22)5-7-23-24(29)10-12-30(3)25(23)13-19(16-33)28(30)32-17-31-26-15-21(35-4)6-8-27(26)32/h5-6,8,15-17,22-25H,7,9-14H2,1-4H3/t22-,23+,24-,25-,29-,30-/m0/s1. The minimum Gasteiger partial charge on any atom is -0.497 e. The van der Waals surface area contributed by atoms with Crippen molar-refractivity contribution in [3.63, 3.8) is 0 Å². The molecule has 1 aromatic carbocycles. The van der Waals surface area contributed by atoms with Crippen molar-refractivity contribution in [1.82, 2.24) is 9.55 Å². The van der Waals surface area contributed by atoms with E-state index in [1.807, 2.05) is 18.5 Å². The first-order valence-electron chi connectivity index (χ1n) is 13.4. The molecule has 1 heterocycles. The van der Waals surface area contributed by atoms with Crippen molar-refractivity contribution in [2.75, 3.05) is 7.11 Å². The fraction of sp³-hybridized carbons (Fsp3) is 0.567. The minimum absolute atomic E-state index is 0.0155. The lowest BCUT2D eigenvalue weighted by molar-refractivity contribution is -0.148. The van der Waals surface area contributed by atoms with Crippen LogP contribution in [-0.2, 0) is 14.3 Å². The number of rotatable bonds is 4. The Morgan fingerprint density at radius 2 is 1.94 bits per heavy atom. The third-order valence-electron chi connectivity index (χ3n) is 10.2. The molecule has 0 bridgehead atoms. The number of aldehydes is 1. The van der Waals surface area contributed by atoms with Gasteiger partial charge in [-0.2, -0.15) is 0 Å². The van der Waals surface area contributed by atoms with Gasteiger partial charge in [0, 0.05) is 36.1 Å². The van der Waals surface area contributed by atoms with Crippen molar-refractivity contribution in [3.05, 3.63) is 41.7 Å². The van der Waals surface area contributed by atoms with Crippen molar-refractivity contribution < 1.29 is 19.1 Å². The molecule has 190 valence electrons. The SMILES string of the molecule is COc1ccc2c(c1)ncn2C1=C(C=O)C[C@H]2[C@@H]3CC=C4C[C@@H](OC(C)=O)CC[C@]4(C)[C@H]3CC[C@]12C. The maximum atomic E-state index is 12.4. The number of aromatic nitrogens is 2. The van der Waals surface area contributed by atoms with E-state index in [9.17, 15) is 9.59 Å². The number of imidazole rings is 1. The lowest BCUT2D eigenvalue weighted by Crippen LogP contribution is -2.50. The number of fused-ring (bicyclic) bond motifs is 6. The molecular weight excluding hydrogens is 452 g/mol. The number of hydrogen-bond donors (Lipinski definition) is 0. The Bertz CT molecular complexity index is 1310. The predicted octanol–water partition coefficient (Wildman–Crippen LogP) is 5.96. The Labute approximate surface area is 212 Å². The first-order chi connectivity index (χ1) is 17.3. The van der Waals surface area contributed by atoms with Crippen LogP contribution in [-0.4, -0.2) is 35.0 Å². The molecule has 2 saturated carbocycles. The van der Waals surface area contributed by atoms with Gasteiger partial charge in [0.05, 0.1) is 18.1 Å². The first kappa shape index (κ1) is 23.5. The van der Waals surface area contributed by atoms with Crippen LogP contribution in [0.3, 0.4) is 0 Å². The Hall–Kier alpha value is -2.89. The van der Waals surface area contributed by atoms with Crippen LogP contribution in [0.5, 0.6) is 5.75 Å². The predicted molar refractivity (Wildman–Crippen MR) is 138 cm³/mol. The van der Waals surface area contributed by atoms with Crippen molar-refractivity contribution in [1.29, 1.82) is 0 Å². The second-order valence-corrected chi connectivity index (χ2v) is 11.9. The van der Waals surface area contributed by atoms with Crippen LogP contribution in [0.4, 0.5) is 0 Å². The molecule has 0 unspecified atom stereocenters. The normalized spacial score (nSPS) is 35.5. The third-order valence-corrected chi connectivity index (χ3v) is 10.2. The van der Waals surface area contributed by atoms with E-state index < -0.39 is 0 Å². The second kappa shape index (κ2) is 8.32. The summed E-state index contributed by atoms with van der Waals surface area (Å²) in [5.74, 6) is 2.19. The molecule has 0 N–H and O–H groups in total. The third kappa shape index (κ3) is 3.32. The number of nitrogens with zero attached hydrogens (tertiary/aromatic N) is 2. The minimum atomic E-state index is -0.178. The Morgan fingerprint density at radius 1 is 1.14 bits per heavy atom. The largest absolute Gasteiger partial charge is 0.497 e. The van der Waals surface area contributed by atoms with Gasteiger partial charge >= 0.3 is 5.97 Å². The highest BCUT2D eigenvalue weighted by Gasteiger charge is 2.58. The maximum Gasteiger partial charge on any atom is 0.302 e. The lowest BCUT2D eigenvalue weighted by atomic mass is 9.47. The molecule has 2 fully saturated rings. The van der Waals surface area contributed by atoms with Gasteiger partial charge in [0.1, 0.15) is 24.5 Å². The Morgan fingerprint density at radius 3 is 2.69 bits per heavy atom. The van der Waals surface area contributed by atoms with Crippen LogP contribution in [0, 0.1) is 28.6 Å². The number of hydrogen-bond acceptors (Lipinski definition) is 5. The Balaban J connectivity index is 1.35. The van der Waals surface area contributed by atoms with Crippen LogP contribution >= 0.6 is 0 Å². The van der Waals surface area contributed by atoms with E-state index >= 15 is 0 Å². The molecule has 36 heavy (non-hydrogen) atoms. The number of carbonyl (C=O) groups is 2. The molecular formula is C30H36N2O4. The summed E-state index contributed by atoms with van der Waals surface area (Å²) in [7, 11) is 1.67. The molecule has 0 radical (unpaired) electrons. The highest BCUT2D eigenvalue weighted by molar-refractivity contribution is 5.90. The van der Waals surface area contributed by atoms with Gasteiger partial charge in [-0.1, -0.05) is 25.5 Å². The average Bonchev–Trinajstić information content (AvgIpc) is 3.40. The summed E-state index contributed by atoms with van der Waals surface area (Å²) in [6.07, 6.45) is 12.4. The molecule has 4 aliphatic rings. The molecule has 6 atom stereocenters. The van der Waals surface area contributed by atoms with Gasteiger partial charge in [-0.25, -0.2) is 4.98 Å². The van der Waals surface area contributed by atoms with Gasteiger partial charge < -0.3 is 14.0 Å². The summed E-state index contributed by atoms with van der Waals surface area (Å²) >= 11 is 0. The number of ether oxygens (including phenoxy) is 2. The summed E-state index contributed by atoms with van der Waals surface area (Å²) in [5, 5.41) is 0. The summed E-state index contributed by atoms with van der Waals surface area (Å²) in [4.78, 5) is 28.7. The highest BCUT2D eigenvalue weighted by Crippen LogP contribution is 2.66. The number of benzene rings is 1. The lowest BCUT2D eigenvalue weighted by Gasteiger charge is -2.57. The summed E-state index contributed by atoms with van der Waals surface area (Å²) in [6.45, 7) is 6.34. The average molecular weight is 489 g/mol. The van der Waals surface area contributed by atoms with Crippen LogP contribution in [0.25, 0.3) is 16.7 Å². The van der Waals surface area contributed by atoms with Gasteiger partial charge in [-0.3, -0.25) is 9.59 Å². The number of esters is 1. The first-order valence-corrected chi connectivity index (χ1v) is 13.4. The zero-order valence-corrected chi connectivity index (χ0v) is 21.8. The number of carbonyl (C=O) groups excluding carboxylic acids is 2. The highest BCUT2D eigenvalue weighted by atomic mass is 16.5. The molecule has 0 amide bonds. The van der Waals surface area contributed by atoms with E-state index in [4.69, 9.17) is 9.47 Å². The van der Waals surface area contributed by atoms with Crippen molar-refractivity contribution in [3.8, 4) is 5.75 Å². The Kier molecular flexibility index (Phi) is 5.43. The van der Waals surface area contributed by atoms with Crippen molar-refractivity contribution >= 4 is 29.0 Å². The number of methoxy groups -OCH3 is 1. The van der Waals surface area contributed by atoms with E-state index in [2.05, 4.69) is 35.5 Å². The maximum absolute atomic E-state index is 12.4. The zero-order valence-electron chi connectivity index (χ0n) is 21.8. The van der Waals surface area contributed by atoms with Gasteiger partial charge in [-0.05, 0) is 73.8 Å². The topological polar surface area (TPSA) is 70.4 Å². The molecule has 2 aromatic rings.